The molecule has 0 radical (unpaired) electrons. The Bertz CT molecular complexity index is 274. The number of hydrogen-bond acceptors (Lipinski definition) is 2. The van der Waals surface area contributed by atoms with Gasteiger partial charge in [-0.15, -0.1) is 0 Å². The van der Waals surface area contributed by atoms with E-state index < -0.39 is 0 Å². The van der Waals surface area contributed by atoms with Crippen LogP contribution in [-0.2, 0) is 0 Å². The van der Waals surface area contributed by atoms with Gasteiger partial charge in [-0.25, -0.2) is 0 Å². The predicted octanol–water partition coefficient (Wildman–Crippen LogP) is 3.47. The van der Waals surface area contributed by atoms with E-state index in [0.717, 1.165) is 29.8 Å². The molecule has 0 aromatic heterocycles. The highest BCUT2D eigenvalue weighted by Crippen LogP contribution is 2.32. The Morgan fingerprint density at radius 1 is 0.842 bits per heavy atom. The molecular formula is C17H34N2. The van der Waals surface area contributed by atoms with E-state index in [1.807, 2.05) is 0 Å². The Morgan fingerprint density at radius 2 is 1.42 bits per heavy atom. The van der Waals surface area contributed by atoms with Gasteiger partial charge in [0, 0.05) is 25.2 Å². The van der Waals surface area contributed by atoms with Gasteiger partial charge in [0.15, 0.2) is 0 Å². The molecule has 2 fully saturated rings. The second-order valence-electron chi connectivity index (χ2n) is 7.59. The van der Waals surface area contributed by atoms with Crippen LogP contribution in [0.5, 0.6) is 0 Å². The summed E-state index contributed by atoms with van der Waals surface area (Å²) in [6.45, 7) is 17.2. The lowest BCUT2D eigenvalue weighted by atomic mass is 9.85. The molecule has 0 saturated carbocycles. The van der Waals surface area contributed by atoms with Crippen molar-refractivity contribution < 1.29 is 0 Å². The number of likely N-dealkylation sites (tertiary alicyclic amines) is 2. The first kappa shape index (κ1) is 15.3. The first-order chi connectivity index (χ1) is 8.97. The Kier molecular flexibility index (Phi) is 5.30. The predicted molar refractivity (Wildman–Crippen MR) is 83.4 cm³/mol. The average molecular weight is 266 g/mol. The highest BCUT2D eigenvalue weighted by molar-refractivity contribution is 4.85. The van der Waals surface area contributed by atoms with Crippen LogP contribution in [0.3, 0.4) is 0 Å². The third-order valence-corrected chi connectivity index (χ3v) is 5.54. The van der Waals surface area contributed by atoms with Gasteiger partial charge in [0.25, 0.3) is 0 Å². The summed E-state index contributed by atoms with van der Waals surface area (Å²) in [5, 5.41) is 0. The maximum absolute atomic E-state index is 2.66. The van der Waals surface area contributed by atoms with Gasteiger partial charge in [-0.2, -0.15) is 0 Å². The van der Waals surface area contributed by atoms with Crippen LogP contribution in [0.25, 0.3) is 0 Å². The zero-order valence-corrected chi connectivity index (χ0v) is 13.7. The van der Waals surface area contributed by atoms with E-state index in [2.05, 4.69) is 44.4 Å². The summed E-state index contributed by atoms with van der Waals surface area (Å²) >= 11 is 0. The van der Waals surface area contributed by atoms with Gasteiger partial charge in [0.05, 0.1) is 0 Å². The summed E-state index contributed by atoms with van der Waals surface area (Å²) in [6, 6.07) is 1.48. The minimum atomic E-state index is 0.736. The standard InChI is InChI=1S/C17H34N2/c1-13(2)18-8-6-16(11-18)10-15(5)17-7-9-19(12-17)14(3)4/h13-17H,6-12H2,1-5H3. The normalized spacial score (nSPS) is 31.7. The fourth-order valence-electron chi connectivity index (χ4n) is 3.99. The van der Waals surface area contributed by atoms with Crippen molar-refractivity contribution in [1.29, 1.82) is 0 Å². The molecule has 0 aromatic rings. The van der Waals surface area contributed by atoms with E-state index in [-0.39, 0.29) is 0 Å². The summed E-state index contributed by atoms with van der Waals surface area (Å²) in [4.78, 5) is 5.32. The lowest BCUT2D eigenvalue weighted by molar-refractivity contribution is 0.226. The molecule has 2 heteroatoms. The summed E-state index contributed by atoms with van der Waals surface area (Å²) in [7, 11) is 0. The third kappa shape index (κ3) is 3.95. The Labute approximate surface area is 120 Å². The van der Waals surface area contributed by atoms with E-state index in [1.54, 1.807) is 0 Å². The van der Waals surface area contributed by atoms with Crippen LogP contribution in [-0.4, -0.2) is 48.1 Å². The van der Waals surface area contributed by atoms with Crippen LogP contribution in [0.4, 0.5) is 0 Å². The smallest absolute Gasteiger partial charge is 0.00387 e. The molecule has 0 amide bonds. The monoisotopic (exact) mass is 266 g/mol. The van der Waals surface area contributed by atoms with Crippen LogP contribution in [0.2, 0.25) is 0 Å². The number of nitrogens with zero attached hydrogens (tertiary/aromatic N) is 2. The number of hydrogen-bond donors (Lipinski definition) is 0. The van der Waals surface area contributed by atoms with Gasteiger partial charge in [0.1, 0.15) is 0 Å². The van der Waals surface area contributed by atoms with Crippen molar-refractivity contribution >= 4 is 0 Å². The minimum absolute atomic E-state index is 0.736. The van der Waals surface area contributed by atoms with Crippen molar-refractivity contribution in [2.24, 2.45) is 17.8 Å². The fourth-order valence-corrected chi connectivity index (χ4v) is 3.99. The van der Waals surface area contributed by atoms with Gasteiger partial charge >= 0.3 is 0 Å². The van der Waals surface area contributed by atoms with Gasteiger partial charge in [0.2, 0.25) is 0 Å². The highest BCUT2D eigenvalue weighted by Gasteiger charge is 2.31. The summed E-state index contributed by atoms with van der Waals surface area (Å²) in [5.74, 6) is 2.84. The van der Waals surface area contributed by atoms with Crippen molar-refractivity contribution in [2.75, 3.05) is 26.2 Å². The van der Waals surface area contributed by atoms with Gasteiger partial charge in [-0.1, -0.05) is 6.92 Å². The van der Waals surface area contributed by atoms with Gasteiger partial charge in [-0.05, 0) is 77.8 Å². The zero-order chi connectivity index (χ0) is 14.0. The maximum Gasteiger partial charge on any atom is 0.00387 e. The second-order valence-corrected chi connectivity index (χ2v) is 7.59. The molecule has 2 rings (SSSR count). The quantitative estimate of drug-likeness (QED) is 0.752. The lowest BCUT2D eigenvalue weighted by Gasteiger charge is -2.25. The Hall–Kier alpha value is -0.0800. The topological polar surface area (TPSA) is 6.48 Å². The zero-order valence-electron chi connectivity index (χ0n) is 13.7. The van der Waals surface area contributed by atoms with E-state index in [1.165, 1.54) is 45.4 Å². The molecule has 2 aliphatic rings. The van der Waals surface area contributed by atoms with Crippen molar-refractivity contribution in [2.45, 2.75) is 66.0 Å². The van der Waals surface area contributed by atoms with Crippen LogP contribution >= 0.6 is 0 Å². The molecule has 0 N–H and O–H groups in total. The van der Waals surface area contributed by atoms with Crippen molar-refractivity contribution in [3.8, 4) is 0 Å². The molecule has 2 nitrogen and oxygen atoms in total. The van der Waals surface area contributed by atoms with Crippen LogP contribution < -0.4 is 0 Å². The molecule has 0 aromatic carbocycles. The molecule has 0 spiro atoms. The number of rotatable bonds is 5. The van der Waals surface area contributed by atoms with Crippen molar-refractivity contribution in [3.63, 3.8) is 0 Å². The van der Waals surface area contributed by atoms with E-state index >= 15 is 0 Å². The molecule has 112 valence electrons. The van der Waals surface area contributed by atoms with Crippen LogP contribution in [0, 0.1) is 17.8 Å². The fraction of sp³-hybridized carbons (Fsp3) is 1.00. The van der Waals surface area contributed by atoms with Crippen LogP contribution in [0.15, 0.2) is 0 Å². The molecular weight excluding hydrogens is 232 g/mol. The molecule has 0 bridgehead atoms. The average Bonchev–Trinajstić information content (AvgIpc) is 2.96. The highest BCUT2D eigenvalue weighted by atomic mass is 15.2. The summed E-state index contributed by atoms with van der Waals surface area (Å²) < 4.78 is 0. The van der Waals surface area contributed by atoms with E-state index in [9.17, 15) is 0 Å². The Morgan fingerprint density at radius 3 is 1.95 bits per heavy atom. The molecule has 3 atom stereocenters. The van der Waals surface area contributed by atoms with E-state index in [4.69, 9.17) is 0 Å². The first-order valence-corrected chi connectivity index (χ1v) is 8.45. The SMILES string of the molecule is CC(CC1CCN(C(C)C)C1)C1CCN(C(C)C)C1. The first-order valence-electron chi connectivity index (χ1n) is 8.45. The lowest BCUT2D eigenvalue weighted by Crippen LogP contribution is -2.30. The molecule has 19 heavy (non-hydrogen) atoms. The van der Waals surface area contributed by atoms with Gasteiger partial charge < -0.3 is 9.80 Å². The van der Waals surface area contributed by atoms with Crippen LogP contribution in [0.1, 0.15) is 53.9 Å². The van der Waals surface area contributed by atoms with E-state index in [0.29, 0.717) is 0 Å². The summed E-state index contributed by atoms with van der Waals surface area (Å²) in [6.07, 6.45) is 4.32. The summed E-state index contributed by atoms with van der Waals surface area (Å²) in [5.41, 5.74) is 0. The molecule has 2 aliphatic heterocycles. The molecule has 2 heterocycles. The third-order valence-electron chi connectivity index (χ3n) is 5.54. The van der Waals surface area contributed by atoms with Crippen molar-refractivity contribution in [1.82, 2.24) is 9.80 Å². The van der Waals surface area contributed by atoms with Gasteiger partial charge in [-0.3, -0.25) is 0 Å². The molecule has 2 saturated heterocycles. The van der Waals surface area contributed by atoms with Crippen molar-refractivity contribution in [3.05, 3.63) is 0 Å². The molecule has 3 unspecified atom stereocenters. The Balaban J connectivity index is 1.75. The largest absolute Gasteiger partial charge is 0.301 e. The molecule has 0 aliphatic carbocycles. The minimum Gasteiger partial charge on any atom is -0.301 e. The second kappa shape index (κ2) is 6.58. The maximum atomic E-state index is 2.66.